The summed E-state index contributed by atoms with van der Waals surface area (Å²) in [4.78, 5) is 21.0. The van der Waals surface area contributed by atoms with Crippen LogP contribution in [0.1, 0.15) is 52.8 Å². The first-order valence-electron chi connectivity index (χ1n) is 6.46. The summed E-state index contributed by atoms with van der Waals surface area (Å²) in [5.41, 5.74) is 0. The van der Waals surface area contributed by atoms with Crippen molar-refractivity contribution in [3.8, 4) is 0 Å². The van der Waals surface area contributed by atoms with E-state index in [1.807, 2.05) is 6.08 Å². The Morgan fingerprint density at radius 2 is 1.68 bits per heavy atom. The molecular weight excluding hydrogens is 253 g/mol. The van der Waals surface area contributed by atoms with Crippen LogP contribution in [0.15, 0.2) is 24.9 Å². The fourth-order valence-corrected chi connectivity index (χ4v) is 1.53. The van der Waals surface area contributed by atoms with Gasteiger partial charge in [0.25, 0.3) is 0 Å². The van der Waals surface area contributed by atoms with Crippen LogP contribution in [0.4, 0.5) is 0 Å². The van der Waals surface area contributed by atoms with Crippen LogP contribution in [-0.4, -0.2) is 17.0 Å². The quantitative estimate of drug-likeness (QED) is 0.320. The third-order valence-electron chi connectivity index (χ3n) is 2.54. The predicted octanol–water partition coefficient (Wildman–Crippen LogP) is 0.124. The standard InChI is InChI=1S/C14H23NO3.Na.H/c1-2-13(16)15-12-10-8-6-4-3-5-7-9-11-14(17)18;;/h2,10,12H,1,3-9,11H2,(H,15,16)(H,17,18);;/q;+1;-1. The second-order valence-electron chi connectivity index (χ2n) is 4.17. The molecule has 0 aromatic rings. The van der Waals surface area contributed by atoms with Gasteiger partial charge < -0.3 is 11.8 Å². The van der Waals surface area contributed by atoms with Crippen LogP contribution >= 0.6 is 0 Å². The molecule has 5 heteroatoms. The van der Waals surface area contributed by atoms with E-state index >= 15 is 0 Å². The van der Waals surface area contributed by atoms with Crippen molar-refractivity contribution in [2.24, 2.45) is 0 Å². The minimum Gasteiger partial charge on any atom is -1.00 e. The summed E-state index contributed by atoms with van der Waals surface area (Å²) in [6, 6.07) is 0. The number of hydrogen-bond acceptors (Lipinski definition) is 2. The topological polar surface area (TPSA) is 66.4 Å². The molecule has 0 atom stereocenters. The van der Waals surface area contributed by atoms with Crippen molar-refractivity contribution >= 4 is 11.9 Å². The molecule has 0 bridgehead atoms. The smallest absolute Gasteiger partial charge is 1.00 e. The molecule has 0 aromatic carbocycles. The van der Waals surface area contributed by atoms with E-state index in [1.54, 1.807) is 6.20 Å². The van der Waals surface area contributed by atoms with Crippen molar-refractivity contribution in [1.29, 1.82) is 0 Å². The van der Waals surface area contributed by atoms with Crippen molar-refractivity contribution in [1.82, 2.24) is 5.32 Å². The van der Waals surface area contributed by atoms with E-state index in [0.29, 0.717) is 0 Å². The third-order valence-corrected chi connectivity index (χ3v) is 2.54. The Bertz CT molecular complexity index is 296. The molecule has 0 aliphatic rings. The van der Waals surface area contributed by atoms with Gasteiger partial charge in [0.05, 0.1) is 0 Å². The van der Waals surface area contributed by atoms with Crippen LogP contribution < -0.4 is 34.9 Å². The van der Waals surface area contributed by atoms with Gasteiger partial charge in [-0.2, -0.15) is 0 Å². The molecule has 0 spiro atoms. The van der Waals surface area contributed by atoms with E-state index in [-0.39, 0.29) is 43.3 Å². The Hall–Kier alpha value is -0.580. The van der Waals surface area contributed by atoms with Gasteiger partial charge in [-0.05, 0) is 25.3 Å². The first-order chi connectivity index (χ1) is 8.66. The van der Waals surface area contributed by atoms with Crippen LogP contribution in [0.5, 0.6) is 0 Å². The van der Waals surface area contributed by atoms with Crippen molar-refractivity contribution < 1.29 is 45.7 Å². The average Bonchev–Trinajstić information content (AvgIpc) is 2.35. The van der Waals surface area contributed by atoms with E-state index in [9.17, 15) is 9.59 Å². The average molecular weight is 277 g/mol. The van der Waals surface area contributed by atoms with Gasteiger partial charge in [0.15, 0.2) is 0 Å². The second-order valence-corrected chi connectivity index (χ2v) is 4.17. The molecule has 0 heterocycles. The summed E-state index contributed by atoms with van der Waals surface area (Å²) < 4.78 is 0. The van der Waals surface area contributed by atoms with Crippen LogP contribution in [0.25, 0.3) is 0 Å². The van der Waals surface area contributed by atoms with E-state index in [1.165, 1.54) is 6.08 Å². The van der Waals surface area contributed by atoms with Gasteiger partial charge in [-0.1, -0.05) is 38.3 Å². The summed E-state index contributed by atoms with van der Waals surface area (Å²) in [5, 5.41) is 11.0. The fourth-order valence-electron chi connectivity index (χ4n) is 1.53. The maximum Gasteiger partial charge on any atom is 1.00 e. The van der Waals surface area contributed by atoms with Gasteiger partial charge in [0.1, 0.15) is 0 Å². The molecule has 0 fully saturated rings. The van der Waals surface area contributed by atoms with Gasteiger partial charge in [0, 0.05) is 12.6 Å². The van der Waals surface area contributed by atoms with Crippen LogP contribution in [0.3, 0.4) is 0 Å². The molecule has 0 rings (SSSR count). The molecule has 1 amide bonds. The van der Waals surface area contributed by atoms with Crippen LogP contribution in [0, 0.1) is 0 Å². The number of hydrogen-bond donors (Lipinski definition) is 2. The Labute approximate surface area is 139 Å². The first kappa shape index (κ1) is 20.7. The van der Waals surface area contributed by atoms with Gasteiger partial charge in [-0.25, -0.2) is 0 Å². The second kappa shape index (κ2) is 15.5. The minimum absolute atomic E-state index is 0. The number of rotatable bonds is 11. The van der Waals surface area contributed by atoms with E-state index in [0.717, 1.165) is 44.9 Å². The molecular formula is C14H24NNaO3. The zero-order chi connectivity index (χ0) is 13.6. The number of aliphatic carboxylic acids is 1. The molecule has 104 valence electrons. The Morgan fingerprint density at radius 1 is 1.11 bits per heavy atom. The number of carboxylic acid groups (broad SMARTS) is 1. The number of amides is 1. The third kappa shape index (κ3) is 17.4. The molecule has 0 aliphatic carbocycles. The van der Waals surface area contributed by atoms with Gasteiger partial charge in [-0.15, -0.1) is 0 Å². The molecule has 19 heavy (non-hydrogen) atoms. The number of allylic oxidation sites excluding steroid dienone is 1. The van der Waals surface area contributed by atoms with Crippen molar-refractivity contribution in [3.05, 3.63) is 24.9 Å². The number of carbonyl (C=O) groups is 2. The maximum atomic E-state index is 10.8. The van der Waals surface area contributed by atoms with Crippen molar-refractivity contribution in [2.45, 2.75) is 51.4 Å². The normalized spacial score (nSPS) is 9.89. The fraction of sp³-hybridized carbons (Fsp3) is 0.571. The summed E-state index contributed by atoms with van der Waals surface area (Å²) >= 11 is 0. The van der Waals surface area contributed by atoms with Crippen LogP contribution in [-0.2, 0) is 9.59 Å². The Morgan fingerprint density at radius 3 is 2.26 bits per heavy atom. The maximum absolute atomic E-state index is 10.8. The number of carbonyl (C=O) groups excluding carboxylic acids is 1. The molecule has 0 aromatic heterocycles. The van der Waals surface area contributed by atoms with Crippen LogP contribution in [0.2, 0.25) is 0 Å². The Balaban J connectivity index is -0.00000144. The summed E-state index contributed by atoms with van der Waals surface area (Å²) in [7, 11) is 0. The van der Waals surface area contributed by atoms with Gasteiger partial charge in [-0.3, -0.25) is 9.59 Å². The molecule has 2 N–H and O–H groups in total. The largest absolute Gasteiger partial charge is 1.00 e. The molecule has 0 unspecified atom stereocenters. The summed E-state index contributed by atoms with van der Waals surface area (Å²) in [6.07, 6.45) is 12.3. The monoisotopic (exact) mass is 277 g/mol. The number of nitrogens with one attached hydrogen (secondary N) is 1. The summed E-state index contributed by atoms with van der Waals surface area (Å²) in [6.45, 7) is 3.35. The molecule has 0 aliphatic heterocycles. The molecule has 0 saturated carbocycles. The van der Waals surface area contributed by atoms with Crippen molar-refractivity contribution in [3.63, 3.8) is 0 Å². The van der Waals surface area contributed by atoms with Gasteiger partial charge >= 0.3 is 35.5 Å². The molecule has 4 nitrogen and oxygen atoms in total. The number of carboxylic acids is 1. The number of unbranched alkanes of at least 4 members (excludes halogenated alkanes) is 6. The molecule has 0 radical (unpaired) electrons. The SMILES string of the molecule is C=CC(=O)NC=CCCCCCCCCC(=O)O.[H-].[Na+]. The van der Waals surface area contributed by atoms with Crippen molar-refractivity contribution in [2.75, 3.05) is 0 Å². The van der Waals surface area contributed by atoms with E-state index in [4.69, 9.17) is 5.11 Å². The zero-order valence-electron chi connectivity index (χ0n) is 12.9. The van der Waals surface area contributed by atoms with Gasteiger partial charge in [0.2, 0.25) is 5.91 Å². The molecule has 0 saturated heterocycles. The Kier molecular flexibility index (Phi) is 16.9. The predicted molar refractivity (Wildman–Crippen MR) is 73.2 cm³/mol. The van der Waals surface area contributed by atoms with E-state index < -0.39 is 5.97 Å². The first-order valence-corrected chi connectivity index (χ1v) is 6.46. The zero-order valence-corrected chi connectivity index (χ0v) is 13.9. The summed E-state index contributed by atoms with van der Waals surface area (Å²) in [5.74, 6) is -0.897. The van der Waals surface area contributed by atoms with E-state index in [2.05, 4.69) is 11.9 Å². The minimum atomic E-state index is -0.707.